The van der Waals surface area contributed by atoms with Crippen LogP contribution in [0.5, 0.6) is 0 Å². The van der Waals surface area contributed by atoms with Crippen LogP contribution in [0, 0.1) is 6.92 Å². The number of aromatic nitrogens is 3. The van der Waals surface area contributed by atoms with Crippen molar-refractivity contribution in [3.63, 3.8) is 0 Å². The van der Waals surface area contributed by atoms with Crippen LogP contribution in [0.25, 0.3) is 22.1 Å². The van der Waals surface area contributed by atoms with Gasteiger partial charge in [-0.15, -0.1) is 0 Å². The molecule has 8 nitrogen and oxygen atoms in total. The fourth-order valence-corrected chi connectivity index (χ4v) is 2.69. The summed E-state index contributed by atoms with van der Waals surface area (Å²) in [6.45, 7) is 2.93. The van der Waals surface area contributed by atoms with Crippen molar-refractivity contribution in [3.05, 3.63) is 47.5 Å². The molecular weight excluding hydrogens is 358 g/mol. The summed E-state index contributed by atoms with van der Waals surface area (Å²) in [7, 11) is 3.70. The molecule has 4 rings (SSSR count). The third-order valence-corrected chi connectivity index (χ3v) is 4.17. The van der Waals surface area contributed by atoms with Gasteiger partial charge in [-0.05, 0) is 49.9 Å². The molecule has 0 bridgehead atoms. The van der Waals surface area contributed by atoms with Gasteiger partial charge in [0, 0.05) is 19.2 Å². The van der Waals surface area contributed by atoms with E-state index in [4.69, 9.17) is 9.52 Å². The van der Waals surface area contributed by atoms with Gasteiger partial charge in [-0.25, -0.2) is 4.98 Å². The topological polar surface area (TPSA) is 105 Å². The number of nitrogens with one attached hydrogen (secondary N) is 2. The predicted molar refractivity (Wildman–Crippen MR) is 109 cm³/mol. The number of rotatable bonds is 5. The molecule has 0 aliphatic rings. The highest BCUT2D eigenvalue weighted by Crippen LogP contribution is 2.25. The van der Waals surface area contributed by atoms with Crippen LogP contribution in [-0.2, 0) is 7.05 Å². The molecule has 2 aromatic heterocycles. The van der Waals surface area contributed by atoms with E-state index in [-0.39, 0.29) is 6.61 Å². The second-order valence-electron chi connectivity index (χ2n) is 6.30. The molecule has 2 aromatic carbocycles. The molecule has 0 aliphatic heterocycles. The number of likely N-dealkylation sites (N-methyl/N-ethyl adjacent to an activating group) is 1. The summed E-state index contributed by atoms with van der Waals surface area (Å²) in [6, 6.07) is 11.6. The maximum atomic E-state index is 10.9. The Morgan fingerprint density at radius 2 is 2.00 bits per heavy atom. The number of hydrogen-bond acceptors (Lipinski definition) is 7. The normalized spacial score (nSPS) is 10.7. The van der Waals surface area contributed by atoms with E-state index in [1.54, 1.807) is 19.2 Å². The average Bonchev–Trinajstić information content (AvgIpc) is 3.22. The maximum Gasteiger partial charge on any atom is 0.302 e. The van der Waals surface area contributed by atoms with Crippen LogP contribution in [-0.4, -0.2) is 46.1 Å². The Morgan fingerprint density at radius 1 is 1.18 bits per heavy atom. The third kappa shape index (κ3) is 4.19. The zero-order valence-corrected chi connectivity index (χ0v) is 16.1. The van der Waals surface area contributed by atoms with Crippen LogP contribution in [0.2, 0.25) is 0 Å². The second kappa shape index (κ2) is 8.64. The standard InChI is InChI=1S/C17H14N4O2.C3H9NO/c1-10-3-5-12-15(7-10)23-17(19-12)20-16-18-13-8-11(9-22)4-6-14(13)21(16)2;1-4-2-3-5/h3-9H,1-2H3,(H,18,19,20);4-5H,2-3H2,1H3. The van der Waals surface area contributed by atoms with Gasteiger partial charge in [-0.3, -0.25) is 10.1 Å². The van der Waals surface area contributed by atoms with E-state index in [1.165, 1.54) is 0 Å². The SMILES string of the molecule is CNCCO.Cc1ccc2nc(Nc3nc4cc(C=O)ccc4n3C)oc2c1. The number of fused-ring (bicyclic) bond motifs is 2. The lowest BCUT2D eigenvalue weighted by molar-refractivity contribution is 0.112. The van der Waals surface area contributed by atoms with Gasteiger partial charge in [0.2, 0.25) is 5.95 Å². The third-order valence-electron chi connectivity index (χ3n) is 4.17. The fraction of sp³-hybridized carbons (Fsp3) is 0.250. The van der Waals surface area contributed by atoms with Crippen molar-refractivity contribution in [2.24, 2.45) is 7.05 Å². The Kier molecular flexibility index (Phi) is 6.03. The number of anilines is 2. The van der Waals surface area contributed by atoms with Gasteiger partial charge in [0.25, 0.3) is 0 Å². The first-order chi connectivity index (χ1) is 13.5. The molecule has 2 heterocycles. The number of carbonyl (C=O) groups is 1. The number of imidazole rings is 1. The molecule has 0 atom stereocenters. The van der Waals surface area contributed by atoms with E-state index >= 15 is 0 Å². The summed E-state index contributed by atoms with van der Waals surface area (Å²) in [6.07, 6.45) is 0.810. The number of aryl methyl sites for hydroxylation is 2. The van der Waals surface area contributed by atoms with Gasteiger partial charge in [0.15, 0.2) is 5.58 Å². The van der Waals surface area contributed by atoms with E-state index in [2.05, 4.69) is 20.6 Å². The summed E-state index contributed by atoms with van der Waals surface area (Å²) in [5.41, 5.74) is 4.90. The number of benzene rings is 2. The lowest BCUT2D eigenvalue weighted by Crippen LogP contribution is -2.10. The zero-order chi connectivity index (χ0) is 20.1. The molecule has 0 spiro atoms. The molecular formula is C20H23N5O3. The number of oxazole rings is 1. The van der Waals surface area contributed by atoms with Crippen LogP contribution in [0.1, 0.15) is 15.9 Å². The average molecular weight is 381 g/mol. The monoisotopic (exact) mass is 381 g/mol. The first-order valence-corrected chi connectivity index (χ1v) is 8.87. The highest BCUT2D eigenvalue weighted by Gasteiger charge is 2.12. The minimum atomic E-state index is 0.233. The van der Waals surface area contributed by atoms with E-state index < -0.39 is 0 Å². The molecule has 0 saturated carbocycles. The Morgan fingerprint density at radius 3 is 2.68 bits per heavy atom. The van der Waals surface area contributed by atoms with Gasteiger partial charge in [0.05, 0.1) is 17.6 Å². The van der Waals surface area contributed by atoms with Crippen molar-refractivity contribution >= 4 is 40.4 Å². The summed E-state index contributed by atoms with van der Waals surface area (Å²) in [5, 5.41) is 13.9. The van der Waals surface area contributed by atoms with E-state index in [1.807, 2.05) is 42.8 Å². The number of carbonyl (C=O) groups excluding carboxylic acids is 1. The zero-order valence-electron chi connectivity index (χ0n) is 16.1. The number of hydrogen-bond donors (Lipinski definition) is 3. The molecule has 8 heteroatoms. The van der Waals surface area contributed by atoms with Gasteiger partial charge < -0.3 is 19.4 Å². The van der Waals surface area contributed by atoms with Gasteiger partial charge in [-0.2, -0.15) is 4.98 Å². The van der Waals surface area contributed by atoms with Crippen molar-refractivity contribution in [3.8, 4) is 0 Å². The number of nitrogens with zero attached hydrogens (tertiary/aromatic N) is 3. The van der Waals surface area contributed by atoms with Crippen molar-refractivity contribution in [2.45, 2.75) is 6.92 Å². The van der Waals surface area contributed by atoms with Crippen molar-refractivity contribution < 1.29 is 14.3 Å². The van der Waals surface area contributed by atoms with Gasteiger partial charge in [-0.1, -0.05) is 6.07 Å². The van der Waals surface area contributed by atoms with Crippen molar-refractivity contribution in [2.75, 3.05) is 25.5 Å². The molecule has 4 aromatic rings. The Labute approximate surface area is 162 Å². The first kappa shape index (κ1) is 19.5. The molecule has 0 unspecified atom stereocenters. The van der Waals surface area contributed by atoms with E-state index in [0.29, 0.717) is 24.1 Å². The Hall–Kier alpha value is -3.23. The molecule has 3 N–H and O–H groups in total. The summed E-state index contributed by atoms with van der Waals surface area (Å²) < 4.78 is 7.61. The van der Waals surface area contributed by atoms with Crippen LogP contribution < -0.4 is 10.6 Å². The van der Waals surface area contributed by atoms with Gasteiger partial charge >= 0.3 is 6.01 Å². The molecule has 0 saturated heterocycles. The lowest BCUT2D eigenvalue weighted by atomic mass is 10.2. The molecule has 28 heavy (non-hydrogen) atoms. The molecule has 0 fully saturated rings. The maximum absolute atomic E-state index is 10.9. The number of aldehydes is 1. The highest BCUT2D eigenvalue weighted by atomic mass is 16.4. The molecule has 0 radical (unpaired) electrons. The first-order valence-electron chi connectivity index (χ1n) is 8.87. The Balaban J connectivity index is 0.000000403. The van der Waals surface area contributed by atoms with Crippen molar-refractivity contribution in [1.82, 2.24) is 19.9 Å². The van der Waals surface area contributed by atoms with E-state index in [0.717, 1.165) is 34.0 Å². The van der Waals surface area contributed by atoms with E-state index in [9.17, 15) is 4.79 Å². The van der Waals surface area contributed by atoms with Crippen LogP contribution >= 0.6 is 0 Å². The van der Waals surface area contributed by atoms with Gasteiger partial charge in [0.1, 0.15) is 11.8 Å². The molecule has 0 aliphatic carbocycles. The highest BCUT2D eigenvalue weighted by molar-refractivity contribution is 5.86. The largest absolute Gasteiger partial charge is 0.423 e. The summed E-state index contributed by atoms with van der Waals surface area (Å²) >= 11 is 0. The minimum Gasteiger partial charge on any atom is -0.423 e. The van der Waals surface area contributed by atoms with Crippen LogP contribution in [0.3, 0.4) is 0 Å². The number of aliphatic hydroxyl groups is 1. The smallest absolute Gasteiger partial charge is 0.302 e. The molecule has 146 valence electrons. The van der Waals surface area contributed by atoms with Crippen LogP contribution in [0.4, 0.5) is 12.0 Å². The summed E-state index contributed by atoms with van der Waals surface area (Å²) in [4.78, 5) is 19.8. The quantitative estimate of drug-likeness (QED) is 0.457. The fourth-order valence-electron chi connectivity index (χ4n) is 2.69. The minimum absolute atomic E-state index is 0.233. The Bertz CT molecular complexity index is 1100. The van der Waals surface area contributed by atoms with Crippen LogP contribution in [0.15, 0.2) is 40.8 Å². The second-order valence-corrected chi connectivity index (χ2v) is 6.30. The summed E-state index contributed by atoms with van der Waals surface area (Å²) in [5.74, 6) is 0.603. The number of aliphatic hydroxyl groups excluding tert-OH is 1. The molecule has 0 amide bonds. The van der Waals surface area contributed by atoms with Crippen molar-refractivity contribution in [1.29, 1.82) is 0 Å². The lowest BCUT2D eigenvalue weighted by Gasteiger charge is -2.01. The predicted octanol–water partition coefficient (Wildman–Crippen LogP) is 2.78.